The Morgan fingerprint density at radius 3 is 3.05 bits per heavy atom. The van der Waals surface area contributed by atoms with Crippen LogP contribution in [0.15, 0.2) is 34.2 Å². The molecule has 0 unspecified atom stereocenters. The first kappa shape index (κ1) is 12.3. The van der Waals surface area contributed by atoms with E-state index in [9.17, 15) is 10.1 Å². The highest BCUT2D eigenvalue weighted by atomic mass is 35.5. The number of halogens is 1. The average Bonchev–Trinajstić information content (AvgIpc) is 2.87. The van der Waals surface area contributed by atoms with Gasteiger partial charge in [-0.05, 0) is 12.1 Å². The summed E-state index contributed by atoms with van der Waals surface area (Å²) in [5.41, 5.74) is 0.911. The number of rotatable bonds is 1. The number of benzene rings is 1. The lowest BCUT2D eigenvalue weighted by molar-refractivity contribution is 0.655. The van der Waals surface area contributed by atoms with E-state index in [0.29, 0.717) is 28.0 Å². The van der Waals surface area contributed by atoms with Gasteiger partial charge in [0.2, 0.25) is 0 Å². The fourth-order valence-corrected chi connectivity index (χ4v) is 3.15. The second-order valence-corrected chi connectivity index (χ2v) is 5.54. The van der Waals surface area contributed by atoms with Crippen molar-refractivity contribution in [3.05, 3.63) is 45.2 Å². The van der Waals surface area contributed by atoms with Gasteiger partial charge in [-0.15, -0.1) is 0 Å². The van der Waals surface area contributed by atoms with Crippen LogP contribution in [-0.2, 0) is 6.54 Å². The van der Waals surface area contributed by atoms with Gasteiger partial charge >= 0.3 is 0 Å². The Morgan fingerprint density at radius 1 is 1.47 bits per heavy atom. The van der Waals surface area contributed by atoms with Crippen LogP contribution in [0.4, 0.5) is 0 Å². The molecule has 0 saturated heterocycles. The molecule has 0 atom stereocenters. The van der Waals surface area contributed by atoms with E-state index < -0.39 is 0 Å². The molecule has 0 N–H and O–H groups in total. The molecule has 2 aromatic rings. The van der Waals surface area contributed by atoms with Crippen LogP contribution in [0.3, 0.4) is 0 Å². The number of hydrogen-bond donors (Lipinski definition) is 0. The van der Waals surface area contributed by atoms with Crippen molar-refractivity contribution < 1.29 is 0 Å². The van der Waals surface area contributed by atoms with E-state index in [4.69, 9.17) is 11.6 Å². The van der Waals surface area contributed by atoms with Gasteiger partial charge in [0, 0.05) is 22.9 Å². The first-order chi connectivity index (χ1) is 9.20. The topological polar surface area (TPSA) is 58.7 Å². The van der Waals surface area contributed by atoms with Crippen molar-refractivity contribution in [1.82, 2.24) is 9.55 Å². The molecule has 1 aromatic heterocycles. The Kier molecular flexibility index (Phi) is 3.05. The van der Waals surface area contributed by atoms with E-state index in [1.165, 1.54) is 11.8 Å². The van der Waals surface area contributed by atoms with Crippen molar-refractivity contribution in [2.24, 2.45) is 0 Å². The lowest BCUT2D eigenvalue weighted by Gasteiger charge is -2.07. The molecule has 0 amide bonds. The number of thioether (sulfide) groups is 1. The van der Waals surface area contributed by atoms with Crippen molar-refractivity contribution in [1.29, 1.82) is 5.26 Å². The highest BCUT2D eigenvalue weighted by Gasteiger charge is 2.21. The molecule has 6 heteroatoms. The van der Waals surface area contributed by atoms with Gasteiger partial charge < -0.3 is 0 Å². The molecular formula is C13H8ClN3OS. The van der Waals surface area contributed by atoms with Gasteiger partial charge in [-0.1, -0.05) is 35.5 Å². The van der Waals surface area contributed by atoms with E-state index in [2.05, 4.69) is 4.98 Å². The van der Waals surface area contributed by atoms with E-state index >= 15 is 0 Å². The SMILES string of the molecule is N#Cc1c(-c2cccc(Cl)c2)nc2n(c1=O)CCS2. The maximum absolute atomic E-state index is 12.2. The summed E-state index contributed by atoms with van der Waals surface area (Å²) >= 11 is 7.47. The second kappa shape index (κ2) is 4.72. The van der Waals surface area contributed by atoms with Crippen LogP contribution in [0.1, 0.15) is 5.56 Å². The predicted octanol–water partition coefficient (Wildman–Crippen LogP) is 2.54. The quantitative estimate of drug-likeness (QED) is 0.757. The largest absolute Gasteiger partial charge is 0.286 e. The third-order valence-corrected chi connectivity index (χ3v) is 4.08. The Labute approximate surface area is 118 Å². The molecule has 1 aliphatic rings. The Bertz CT molecular complexity index is 763. The van der Waals surface area contributed by atoms with E-state index in [1.807, 2.05) is 6.07 Å². The molecule has 0 fully saturated rings. The summed E-state index contributed by atoms with van der Waals surface area (Å²) in [7, 11) is 0. The maximum Gasteiger partial charge on any atom is 0.272 e. The van der Waals surface area contributed by atoms with Crippen LogP contribution in [-0.4, -0.2) is 15.3 Å². The van der Waals surface area contributed by atoms with Crippen LogP contribution in [0.2, 0.25) is 5.02 Å². The van der Waals surface area contributed by atoms with Crippen molar-refractivity contribution >= 4 is 23.4 Å². The number of nitriles is 1. The van der Waals surface area contributed by atoms with Gasteiger partial charge in [-0.3, -0.25) is 9.36 Å². The number of fused-ring (bicyclic) bond motifs is 1. The lowest BCUT2D eigenvalue weighted by Crippen LogP contribution is -2.24. The molecule has 0 aliphatic carbocycles. The molecule has 3 rings (SSSR count). The summed E-state index contributed by atoms with van der Waals surface area (Å²) in [6.07, 6.45) is 0. The summed E-state index contributed by atoms with van der Waals surface area (Å²) in [5, 5.41) is 10.4. The summed E-state index contributed by atoms with van der Waals surface area (Å²) < 4.78 is 1.55. The molecule has 0 spiro atoms. The van der Waals surface area contributed by atoms with Crippen molar-refractivity contribution in [2.75, 3.05) is 5.75 Å². The molecule has 0 radical (unpaired) electrons. The lowest BCUT2D eigenvalue weighted by atomic mass is 10.1. The molecule has 1 aromatic carbocycles. The summed E-state index contributed by atoms with van der Waals surface area (Å²) in [4.78, 5) is 16.7. The fourth-order valence-electron chi connectivity index (χ4n) is 2.02. The molecule has 2 heterocycles. The van der Waals surface area contributed by atoms with Crippen molar-refractivity contribution in [3.63, 3.8) is 0 Å². The zero-order valence-corrected chi connectivity index (χ0v) is 11.3. The molecule has 94 valence electrons. The van der Waals surface area contributed by atoms with E-state index in [1.54, 1.807) is 28.8 Å². The number of nitrogens with zero attached hydrogens (tertiary/aromatic N) is 3. The van der Waals surface area contributed by atoms with Crippen LogP contribution in [0.25, 0.3) is 11.3 Å². The Balaban J connectivity index is 2.31. The minimum absolute atomic E-state index is 0.0773. The number of hydrogen-bond acceptors (Lipinski definition) is 4. The third kappa shape index (κ3) is 2.03. The van der Waals surface area contributed by atoms with Gasteiger partial charge in [0.1, 0.15) is 11.6 Å². The molecule has 0 saturated carbocycles. The van der Waals surface area contributed by atoms with Crippen molar-refractivity contribution in [3.8, 4) is 17.3 Å². The second-order valence-electron chi connectivity index (χ2n) is 4.05. The average molecular weight is 290 g/mol. The van der Waals surface area contributed by atoms with Gasteiger partial charge in [0.05, 0.1) is 5.69 Å². The summed E-state index contributed by atoms with van der Waals surface area (Å²) in [6, 6.07) is 8.99. The van der Waals surface area contributed by atoms with Crippen LogP contribution in [0.5, 0.6) is 0 Å². The zero-order valence-electron chi connectivity index (χ0n) is 9.76. The third-order valence-electron chi connectivity index (χ3n) is 2.89. The Morgan fingerprint density at radius 2 is 2.32 bits per heavy atom. The van der Waals surface area contributed by atoms with Crippen LogP contribution < -0.4 is 5.56 Å². The Hall–Kier alpha value is -1.77. The standard InChI is InChI=1S/C13H8ClN3OS/c14-9-3-1-2-8(6-9)11-10(7-15)12(18)17-4-5-19-13(17)16-11/h1-3,6H,4-5H2. The van der Waals surface area contributed by atoms with Crippen LogP contribution >= 0.6 is 23.4 Å². The maximum atomic E-state index is 12.2. The molecular weight excluding hydrogens is 282 g/mol. The summed E-state index contributed by atoms with van der Waals surface area (Å²) in [5.74, 6) is 0.812. The van der Waals surface area contributed by atoms with Gasteiger partial charge in [0.25, 0.3) is 5.56 Å². The first-order valence-corrected chi connectivity index (χ1v) is 7.01. The predicted molar refractivity (Wildman–Crippen MR) is 74.4 cm³/mol. The molecule has 4 nitrogen and oxygen atoms in total. The van der Waals surface area contributed by atoms with Gasteiger partial charge in [0.15, 0.2) is 5.16 Å². The fraction of sp³-hybridized carbons (Fsp3) is 0.154. The molecule has 1 aliphatic heterocycles. The minimum Gasteiger partial charge on any atom is -0.286 e. The number of aromatic nitrogens is 2. The van der Waals surface area contributed by atoms with Crippen molar-refractivity contribution in [2.45, 2.75) is 11.7 Å². The van der Waals surface area contributed by atoms with E-state index in [0.717, 1.165) is 5.75 Å². The zero-order chi connectivity index (χ0) is 13.4. The molecule has 0 bridgehead atoms. The van der Waals surface area contributed by atoms with Gasteiger partial charge in [-0.2, -0.15) is 5.26 Å². The van der Waals surface area contributed by atoms with E-state index in [-0.39, 0.29) is 11.1 Å². The minimum atomic E-state index is -0.271. The normalized spacial score (nSPS) is 13.1. The highest BCUT2D eigenvalue weighted by Crippen LogP contribution is 2.28. The monoisotopic (exact) mass is 289 g/mol. The smallest absolute Gasteiger partial charge is 0.272 e. The highest BCUT2D eigenvalue weighted by molar-refractivity contribution is 7.99. The van der Waals surface area contributed by atoms with Crippen LogP contribution in [0, 0.1) is 11.3 Å². The molecule has 19 heavy (non-hydrogen) atoms. The van der Waals surface area contributed by atoms with Gasteiger partial charge in [-0.25, -0.2) is 4.98 Å². The summed E-state index contributed by atoms with van der Waals surface area (Å²) in [6.45, 7) is 0.607. The first-order valence-electron chi connectivity index (χ1n) is 5.64.